The SMILES string of the molecule is CCNC(Cl)(C(C)CC)C(C)(C)[SiH3]. The molecule has 3 heteroatoms. The summed E-state index contributed by atoms with van der Waals surface area (Å²) in [6, 6.07) is 0. The molecule has 0 aliphatic carbocycles. The molecule has 0 amide bonds. The van der Waals surface area contributed by atoms with Crippen LogP contribution in [0.4, 0.5) is 0 Å². The van der Waals surface area contributed by atoms with Crippen molar-refractivity contribution in [2.75, 3.05) is 6.54 Å². The molecule has 0 saturated heterocycles. The summed E-state index contributed by atoms with van der Waals surface area (Å²) >= 11 is 6.69. The van der Waals surface area contributed by atoms with Gasteiger partial charge < -0.3 is 0 Å². The minimum atomic E-state index is -0.220. The second-order valence-corrected chi connectivity index (χ2v) is 7.90. The Bertz CT molecular complexity index is 155. The minimum absolute atomic E-state index is 0.220. The highest BCUT2D eigenvalue weighted by molar-refractivity contribution is 6.31. The first-order valence-corrected chi connectivity index (χ1v) is 6.61. The van der Waals surface area contributed by atoms with E-state index in [0.717, 1.165) is 23.2 Å². The lowest BCUT2D eigenvalue weighted by Crippen LogP contribution is -2.52. The molecule has 0 fully saturated rings. The Hall–Kier alpha value is 0.467. The summed E-state index contributed by atoms with van der Waals surface area (Å²) in [4.78, 5) is -0.220. The molecule has 0 heterocycles. The zero-order chi connectivity index (χ0) is 10.7. The maximum absolute atomic E-state index is 6.69. The summed E-state index contributed by atoms with van der Waals surface area (Å²) < 4.78 is 0. The van der Waals surface area contributed by atoms with E-state index in [1.54, 1.807) is 0 Å². The summed E-state index contributed by atoms with van der Waals surface area (Å²) in [5.41, 5.74) is 0. The van der Waals surface area contributed by atoms with E-state index in [4.69, 9.17) is 11.6 Å². The summed E-state index contributed by atoms with van der Waals surface area (Å²) in [7, 11) is 1.11. The second kappa shape index (κ2) is 4.81. The van der Waals surface area contributed by atoms with Gasteiger partial charge in [-0.1, -0.05) is 41.0 Å². The second-order valence-electron chi connectivity index (χ2n) is 4.80. The van der Waals surface area contributed by atoms with Gasteiger partial charge in [-0.2, -0.15) is 0 Å². The molecule has 1 nitrogen and oxygen atoms in total. The van der Waals surface area contributed by atoms with Crippen LogP contribution in [0.25, 0.3) is 0 Å². The van der Waals surface area contributed by atoms with E-state index in [2.05, 4.69) is 39.9 Å². The molecule has 0 aromatic heterocycles. The average molecular weight is 222 g/mol. The third kappa shape index (κ3) is 2.96. The molecule has 0 aromatic carbocycles. The highest BCUT2D eigenvalue weighted by atomic mass is 35.5. The fraction of sp³-hybridized carbons (Fsp3) is 1.00. The van der Waals surface area contributed by atoms with E-state index in [1.807, 2.05) is 0 Å². The number of hydrogen-bond acceptors (Lipinski definition) is 1. The van der Waals surface area contributed by atoms with Gasteiger partial charge >= 0.3 is 0 Å². The summed E-state index contributed by atoms with van der Waals surface area (Å²) in [5.74, 6) is 0.515. The molecular weight excluding hydrogens is 198 g/mol. The minimum Gasteiger partial charge on any atom is -0.299 e. The Labute approximate surface area is 91.0 Å². The van der Waals surface area contributed by atoms with Crippen molar-refractivity contribution in [1.29, 1.82) is 0 Å². The maximum Gasteiger partial charge on any atom is 0.0979 e. The first-order chi connectivity index (χ1) is 5.79. The Morgan fingerprint density at radius 3 is 2.08 bits per heavy atom. The van der Waals surface area contributed by atoms with E-state index >= 15 is 0 Å². The van der Waals surface area contributed by atoms with Gasteiger partial charge in [-0.25, -0.2) is 0 Å². The van der Waals surface area contributed by atoms with Crippen molar-refractivity contribution in [3.63, 3.8) is 0 Å². The number of alkyl halides is 1. The molecule has 0 radical (unpaired) electrons. The molecule has 0 spiro atoms. The van der Waals surface area contributed by atoms with Crippen LogP contribution in [0.5, 0.6) is 0 Å². The van der Waals surface area contributed by atoms with Gasteiger partial charge in [0.1, 0.15) is 0 Å². The van der Waals surface area contributed by atoms with Crippen molar-refractivity contribution in [1.82, 2.24) is 5.32 Å². The predicted octanol–water partition coefficient (Wildman–Crippen LogP) is 2.14. The standard InChI is InChI=1S/C10H24ClNSi/c1-6-8(3)10(11,12-7-2)9(4,5)13/h8,12H,6-7H2,1-5,13H3. The van der Waals surface area contributed by atoms with Crippen LogP contribution in [0, 0.1) is 5.92 Å². The van der Waals surface area contributed by atoms with Gasteiger partial charge in [0.25, 0.3) is 0 Å². The van der Waals surface area contributed by atoms with Crippen LogP contribution in [0.15, 0.2) is 0 Å². The monoisotopic (exact) mass is 221 g/mol. The van der Waals surface area contributed by atoms with Crippen LogP contribution in [-0.2, 0) is 0 Å². The van der Waals surface area contributed by atoms with E-state index < -0.39 is 0 Å². The molecular formula is C10H24ClNSi. The van der Waals surface area contributed by atoms with Gasteiger partial charge in [-0.3, -0.25) is 5.32 Å². The third-order valence-electron chi connectivity index (χ3n) is 2.82. The largest absolute Gasteiger partial charge is 0.299 e. The third-order valence-corrected chi connectivity index (χ3v) is 5.00. The molecule has 1 N–H and O–H groups in total. The lowest BCUT2D eigenvalue weighted by Gasteiger charge is -2.44. The quantitative estimate of drug-likeness (QED) is 0.426. The molecule has 0 rings (SSSR count). The fourth-order valence-electron chi connectivity index (χ4n) is 1.72. The topological polar surface area (TPSA) is 12.0 Å². The van der Waals surface area contributed by atoms with Gasteiger partial charge in [-0.15, -0.1) is 11.6 Å². The predicted molar refractivity (Wildman–Crippen MR) is 65.7 cm³/mol. The lowest BCUT2D eigenvalue weighted by atomic mass is 9.88. The molecule has 13 heavy (non-hydrogen) atoms. The molecule has 0 aliphatic heterocycles. The van der Waals surface area contributed by atoms with Crippen molar-refractivity contribution in [2.45, 2.75) is 51.1 Å². The fourth-order valence-corrected chi connectivity index (χ4v) is 2.67. The molecule has 2 atom stereocenters. The Kier molecular flexibility index (Phi) is 4.98. The Morgan fingerprint density at radius 2 is 1.85 bits per heavy atom. The lowest BCUT2D eigenvalue weighted by molar-refractivity contribution is 0.261. The van der Waals surface area contributed by atoms with Crippen LogP contribution >= 0.6 is 11.6 Å². The zero-order valence-corrected chi connectivity index (χ0v) is 12.6. The number of halogens is 1. The van der Waals surface area contributed by atoms with Gasteiger partial charge in [0, 0.05) is 10.2 Å². The Morgan fingerprint density at radius 1 is 1.38 bits per heavy atom. The van der Waals surface area contributed by atoms with E-state index in [1.165, 1.54) is 0 Å². The maximum atomic E-state index is 6.69. The molecule has 0 bridgehead atoms. The first kappa shape index (κ1) is 13.5. The van der Waals surface area contributed by atoms with Crippen molar-refractivity contribution in [2.24, 2.45) is 5.92 Å². The van der Waals surface area contributed by atoms with Crippen LogP contribution in [0.1, 0.15) is 41.0 Å². The average Bonchev–Trinajstić information content (AvgIpc) is 2.01. The van der Waals surface area contributed by atoms with Crippen molar-refractivity contribution >= 4 is 21.8 Å². The van der Waals surface area contributed by atoms with Crippen molar-refractivity contribution in [3.8, 4) is 0 Å². The van der Waals surface area contributed by atoms with Crippen LogP contribution in [0.2, 0.25) is 5.04 Å². The van der Waals surface area contributed by atoms with Crippen LogP contribution in [0.3, 0.4) is 0 Å². The highest BCUT2D eigenvalue weighted by Gasteiger charge is 2.42. The van der Waals surface area contributed by atoms with Crippen LogP contribution in [-0.4, -0.2) is 21.8 Å². The molecule has 80 valence electrons. The molecule has 0 aromatic rings. The molecule has 2 unspecified atom stereocenters. The number of rotatable bonds is 5. The van der Waals surface area contributed by atoms with E-state index in [-0.39, 0.29) is 10.0 Å². The summed E-state index contributed by atoms with van der Waals surface area (Å²) in [5, 5.41) is 3.67. The molecule has 0 saturated carbocycles. The number of nitrogens with one attached hydrogen (secondary N) is 1. The van der Waals surface area contributed by atoms with E-state index in [0.29, 0.717) is 5.92 Å². The van der Waals surface area contributed by atoms with Gasteiger partial charge in [0.15, 0.2) is 0 Å². The first-order valence-electron chi connectivity index (χ1n) is 5.23. The summed E-state index contributed by atoms with van der Waals surface area (Å²) in [6.07, 6.45) is 1.13. The van der Waals surface area contributed by atoms with Gasteiger partial charge in [0.05, 0.1) is 5.00 Å². The van der Waals surface area contributed by atoms with Crippen molar-refractivity contribution in [3.05, 3.63) is 0 Å². The zero-order valence-electron chi connectivity index (χ0n) is 9.87. The normalized spacial score (nSPS) is 19.8. The van der Waals surface area contributed by atoms with Gasteiger partial charge in [0.2, 0.25) is 0 Å². The summed E-state index contributed by atoms with van der Waals surface area (Å²) in [6.45, 7) is 12.0. The highest BCUT2D eigenvalue weighted by Crippen LogP contribution is 2.44. The number of hydrogen-bond donors (Lipinski definition) is 1. The smallest absolute Gasteiger partial charge is 0.0979 e. The van der Waals surface area contributed by atoms with Crippen LogP contribution < -0.4 is 5.32 Å². The Balaban J connectivity index is 4.72. The van der Waals surface area contributed by atoms with Gasteiger partial charge in [-0.05, 0) is 17.5 Å². The van der Waals surface area contributed by atoms with Crippen molar-refractivity contribution < 1.29 is 0 Å². The molecule has 0 aliphatic rings. The van der Waals surface area contributed by atoms with E-state index in [9.17, 15) is 0 Å².